The number of carbonyl (C=O) groups excluding carboxylic acids is 1. The van der Waals surface area contributed by atoms with Crippen molar-refractivity contribution < 1.29 is 4.79 Å². The van der Waals surface area contributed by atoms with Gasteiger partial charge in [-0.3, -0.25) is 4.79 Å². The zero-order chi connectivity index (χ0) is 27.6. The summed E-state index contributed by atoms with van der Waals surface area (Å²) in [7, 11) is 0. The predicted molar refractivity (Wildman–Crippen MR) is 172 cm³/mol. The van der Waals surface area contributed by atoms with Crippen LogP contribution in [0.15, 0.2) is 24.3 Å². The molecule has 0 aromatic carbocycles. The van der Waals surface area contributed by atoms with Crippen LogP contribution < -0.4 is 5.32 Å². The van der Waals surface area contributed by atoms with Crippen molar-refractivity contribution in [2.24, 2.45) is 0 Å². The molecule has 1 N–H and O–H groups in total. The predicted octanol–water partition coefficient (Wildman–Crippen LogP) is 12.2. The molecule has 2 nitrogen and oxygen atoms in total. The molecule has 0 spiro atoms. The number of allylic oxidation sites excluding steroid dienone is 4. The Morgan fingerprint density at radius 1 is 0.421 bits per heavy atom. The zero-order valence-electron chi connectivity index (χ0n) is 26.2. The molecular formula is C36H69NO. The van der Waals surface area contributed by atoms with Gasteiger partial charge in [0.25, 0.3) is 0 Å². The van der Waals surface area contributed by atoms with E-state index in [0.29, 0.717) is 6.42 Å². The second-order valence-electron chi connectivity index (χ2n) is 11.6. The third-order valence-electron chi connectivity index (χ3n) is 7.68. The van der Waals surface area contributed by atoms with E-state index in [4.69, 9.17) is 0 Å². The monoisotopic (exact) mass is 532 g/mol. The molecule has 0 unspecified atom stereocenters. The van der Waals surface area contributed by atoms with Gasteiger partial charge >= 0.3 is 0 Å². The molecule has 0 aliphatic rings. The number of carbonyl (C=O) groups is 1. The van der Waals surface area contributed by atoms with Gasteiger partial charge in [0.15, 0.2) is 0 Å². The summed E-state index contributed by atoms with van der Waals surface area (Å²) in [4.78, 5) is 12.0. The van der Waals surface area contributed by atoms with Gasteiger partial charge in [-0.2, -0.15) is 0 Å². The van der Waals surface area contributed by atoms with Gasteiger partial charge in [0.1, 0.15) is 0 Å². The molecule has 0 radical (unpaired) electrons. The van der Waals surface area contributed by atoms with Gasteiger partial charge in [-0.25, -0.2) is 0 Å². The number of unbranched alkanes of at least 4 members (excludes halogenated alkanes) is 23. The first-order valence-corrected chi connectivity index (χ1v) is 17.4. The van der Waals surface area contributed by atoms with Gasteiger partial charge in [0, 0.05) is 13.0 Å². The number of nitrogens with one attached hydrogen (secondary N) is 1. The molecule has 0 bridgehead atoms. The van der Waals surface area contributed by atoms with E-state index in [1.807, 2.05) is 0 Å². The maximum absolute atomic E-state index is 12.0. The average Bonchev–Trinajstić information content (AvgIpc) is 2.92. The van der Waals surface area contributed by atoms with E-state index < -0.39 is 0 Å². The third kappa shape index (κ3) is 33.0. The smallest absolute Gasteiger partial charge is 0.219 e. The molecule has 0 heterocycles. The van der Waals surface area contributed by atoms with E-state index >= 15 is 0 Å². The first-order chi connectivity index (χ1) is 18.8. The largest absolute Gasteiger partial charge is 0.356 e. The van der Waals surface area contributed by atoms with E-state index in [2.05, 4.69) is 43.5 Å². The van der Waals surface area contributed by atoms with E-state index in [1.54, 1.807) is 0 Å². The summed E-state index contributed by atoms with van der Waals surface area (Å²) in [5.74, 6) is 0.260. The lowest BCUT2D eigenvalue weighted by molar-refractivity contribution is -0.121. The van der Waals surface area contributed by atoms with Crippen LogP contribution in [0.2, 0.25) is 0 Å². The molecule has 0 aliphatic heterocycles. The van der Waals surface area contributed by atoms with Crippen molar-refractivity contribution in [1.82, 2.24) is 5.32 Å². The van der Waals surface area contributed by atoms with Gasteiger partial charge in [-0.1, -0.05) is 147 Å². The summed E-state index contributed by atoms with van der Waals surface area (Å²) in [6.07, 6.45) is 45.8. The fourth-order valence-corrected chi connectivity index (χ4v) is 5.05. The van der Waals surface area contributed by atoms with Crippen LogP contribution in [0.3, 0.4) is 0 Å². The minimum absolute atomic E-state index is 0.260. The molecule has 0 saturated carbocycles. The molecule has 0 aromatic rings. The Morgan fingerprint density at radius 3 is 1.13 bits per heavy atom. The second kappa shape index (κ2) is 34.0. The number of amides is 1. The van der Waals surface area contributed by atoms with E-state index in [0.717, 1.165) is 19.4 Å². The van der Waals surface area contributed by atoms with Crippen LogP contribution >= 0.6 is 0 Å². The van der Waals surface area contributed by atoms with Gasteiger partial charge in [-0.05, 0) is 64.2 Å². The van der Waals surface area contributed by atoms with Gasteiger partial charge in [-0.15, -0.1) is 0 Å². The summed E-state index contributed by atoms with van der Waals surface area (Å²) < 4.78 is 0. The lowest BCUT2D eigenvalue weighted by atomic mass is 10.1. The average molecular weight is 532 g/mol. The summed E-state index contributed by atoms with van der Waals surface area (Å²) in [6, 6.07) is 0. The SMILES string of the molecule is CCCCCCCC/C=C\CCCCCCCC(=O)NCCCCCCCC/C=C/CCCCCCCC. The molecule has 0 fully saturated rings. The van der Waals surface area contributed by atoms with Crippen LogP contribution in [0.4, 0.5) is 0 Å². The van der Waals surface area contributed by atoms with Gasteiger partial charge in [0.05, 0.1) is 0 Å². The lowest BCUT2D eigenvalue weighted by Crippen LogP contribution is -2.23. The van der Waals surface area contributed by atoms with Gasteiger partial charge < -0.3 is 5.32 Å². The summed E-state index contributed by atoms with van der Waals surface area (Å²) in [5.41, 5.74) is 0. The van der Waals surface area contributed by atoms with E-state index in [9.17, 15) is 4.79 Å². The number of rotatable bonds is 31. The molecule has 0 atom stereocenters. The van der Waals surface area contributed by atoms with Crippen LogP contribution in [0.1, 0.15) is 194 Å². The van der Waals surface area contributed by atoms with Crippen molar-refractivity contribution in [3.05, 3.63) is 24.3 Å². The van der Waals surface area contributed by atoms with Crippen LogP contribution in [0.25, 0.3) is 0 Å². The van der Waals surface area contributed by atoms with Crippen molar-refractivity contribution in [2.75, 3.05) is 6.54 Å². The second-order valence-corrected chi connectivity index (χ2v) is 11.6. The summed E-state index contributed by atoms with van der Waals surface area (Å²) in [5, 5.41) is 3.12. The highest BCUT2D eigenvalue weighted by molar-refractivity contribution is 5.75. The minimum Gasteiger partial charge on any atom is -0.356 e. The highest BCUT2D eigenvalue weighted by Crippen LogP contribution is 2.11. The Morgan fingerprint density at radius 2 is 0.737 bits per heavy atom. The third-order valence-corrected chi connectivity index (χ3v) is 7.68. The Labute approximate surface area is 240 Å². The molecule has 0 aliphatic carbocycles. The van der Waals surface area contributed by atoms with Crippen LogP contribution in [-0.2, 0) is 4.79 Å². The molecular weight excluding hydrogens is 462 g/mol. The fourth-order valence-electron chi connectivity index (χ4n) is 5.05. The van der Waals surface area contributed by atoms with E-state index in [-0.39, 0.29) is 5.91 Å². The Bertz CT molecular complexity index is 509. The minimum atomic E-state index is 0.260. The van der Waals surface area contributed by atoms with Crippen LogP contribution in [0.5, 0.6) is 0 Å². The standard InChI is InChI=1S/C36H69NO/c1-3-5-7-9-11-13-15-17-19-21-23-25-27-29-31-33-35-37-36(38)34-32-30-28-26-24-22-20-18-16-14-12-10-8-6-4-2/h17-20H,3-16,21-35H2,1-2H3,(H,37,38)/b19-17+,20-18-. The zero-order valence-corrected chi connectivity index (χ0v) is 26.2. The first-order valence-electron chi connectivity index (χ1n) is 17.4. The summed E-state index contributed by atoms with van der Waals surface area (Å²) >= 11 is 0. The molecule has 1 amide bonds. The Kier molecular flexibility index (Phi) is 33.0. The Hall–Kier alpha value is -1.05. The van der Waals surface area contributed by atoms with Crippen molar-refractivity contribution in [2.45, 2.75) is 194 Å². The highest BCUT2D eigenvalue weighted by Gasteiger charge is 2.00. The normalized spacial score (nSPS) is 11.7. The molecule has 2 heteroatoms. The van der Waals surface area contributed by atoms with E-state index in [1.165, 1.54) is 161 Å². The maximum atomic E-state index is 12.0. The first kappa shape index (κ1) is 37.0. The van der Waals surface area contributed by atoms with Crippen LogP contribution in [0, 0.1) is 0 Å². The molecule has 0 rings (SSSR count). The van der Waals surface area contributed by atoms with Crippen LogP contribution in [-0.4, -0.2) is 12.5 Å². The van der Waals surface area contributed by atoms with Crippen molar-refractivity contribution in [1.29, 1.82) is 0 Å². The Balaban J connectivity index is 3.23. The van der Waals surface area contributed by atoms with Gasteiger partial charge in [0.2, 0.25) is 5.91 Å². The molecule has 224 valence electrons. The maximum Gasteiger partial charge on any atom is 0.219 e. The number of hydrogen-bond acceptors (Lipinski definition) is 1. The number of hydrogen-bond donors (Lipinski definition) is 1. The molecule has 0 saturated heterocycles. The topological polar surface area (TPSA) is 29.1 Å². The molecule has 0 aromatic heterocycles. The lowest BCUT2D eigenvalue weighted by Gasteiger charge is -2.05. The molecule has 38 heavy (non-hydrogen) atoms. The van der Waals surface area contributed by atoms with Crippen molar-refractivity contribution in [3.63, 3.8) is 0 Å². The van der Waals surface area contributed by atoms with Crippen molar-refractivity contribution >= 4 is 5.91 Å². The quantitative estimate of drug-likeness (QED) is 0.0699. The highest BCUT2D eigenvalue weighted by atomic mass is 16.1. The summed E-state index contributed by atoms with van der Waals surface area (Å²) in [6.45, 7) is 5.43. The van der Waals surface area contributed by atoms with Crippen molar-refractivity contribution in [3.8, 4) is 0 Å². The fraction of sp³-hybridized carbons (Fsp3) is 0.861.